The van der Waals surface area contributed by atoms with Crippen molar-refractivity contribution < 1.29 is 29.7 Å². The first-order valence-corrected chi connectivity index (χ1v) is 42.5. The van der Waals surface area contributed by atoms with E-state index in [4.69, 9.17) is 34.8 Å². The van der Waals surface area contributed by atoms with Gasteiger partial charge in [0.25, 0.3) is 0 Å². The van der Waals surface area contributed by atoms with Gasteiger partial charge in [0.15, 0.2) is 11.6 Å². The van der Waals surface area contributed by atoms with E-state index in [9.17, 15) is 29.7 Å². The maximum Gasteiger partial charge on any atom is 0.157 e. The van der Waals surface area contributed by atoms with E-state index in [1.165, 1.54) is 96.3 Å². The number of Topliss-reactive ketones (excluding diaryl/α,β-unsaturated/α-hetero) is 3. The summed E-state index contributed by atoms with van der Waals surface area (Å²) < 4.78 is 3.57. The second-order valence-corrected chi connectivity index (χ2v) is 40.5. The molecule has 3 aromatic carbocycles. The lowest BCUT2D eigenvalue weighted by Gasteiger charge is -2.61. The van der Waals surface area contributed by atoms with Crippen LogP contribution in [0, 0.1) is 121 Å². The highest BCUT2D eigenvalue weighted by Crippen LogP contribution is 2.72. The van der Waals surface area contributed by atoms with Crippen LogP contribution in [0.5, 0.6) is 0 Å². The van der Waals surface area contributed by atoms with Crippen LogP contribution in [0.4, 0.5) is 0 Å². The van der Waals surface area contributed by atoms with E-state index >= 15 is 0 Å². The van der Waals surface area contributed by atoms with Gasteiger partial charge in [-0.05, 0) is 352 Å². The van der Waals surface area contributed by atoms with Crippen LogP contribution in [-0.4, -0.2) is 89.8 Å². The number of hydrogen-bond donors (Lipinski definition) is 4. The van der Waals surface area contributed by atoms with Crippen LogP contribution in [0.2, 0.25) is 15.1 Å². The lowest BCUT2D eigenvalue weighted by molar-refractivity contribution is -0.151. The Morgan fingerprint density at radius 2 is 0.885 bits per heavy atom. The molecule has 3 aromatic heterocycles. The minimum absolute atomic E-state index is 0. The first-order valence-electron chi connectivity index (χ1n) is 40.3. The molecule has 12 saturated carbocycles. The molecule has 0 unspecified atom stereocenters. The van der Waals surface area contributed by atoms with Crippen molar-refractivity contribution in [3.8, 4) is 0 Å². The highest BCUT2D eigenvalue weighted by atomic mass is 79.9. The average molecular weight is 1550 g/mol. The summed E-state index contributed by atoms with van der Waals surface area (Å²) in [4.78, 5) is 39.8. The molecule has 0 spiro atoms. The number of H-pyrrole nitrogens is 1. The number of aliphatic hydroxyl groups is 3. The third-order valence-electron chi connectivity index (χ3n) is 33.2. The molecular weight excluding hydrogens is 1430 g/mol. The van der Waals surface area contributed by atoms with Gasteiger partial charge in [-0.2, -0.15) is 10.2 Å². The third kappa shape index (κ3) is 13.7. The SMILES string of the molecule is C.C[C@@]1(O)CC[C@@]2(C)[C@@H](CC[C@@H]3[C@@H]2CC[C@]2(C)[C@@H](C(=O)CBr)CC[C@@H]32)C1.C[C@@]1(O)CC[C@@]2(C)[C@@H](CC[C@@H]3[C@@H]2CC[C@]2(C)[C@@H](C(=O)Cn4cc5ccc(Cl)cc5n4)CC[C@@H]32)C1.C[C@@]1(O)CC[C@@]2(C)[C@@H](CC[C@@H]3[C@@H]2CC[C@]2(C)[C@@H](C(=O)Cn4nnc5ccc(Cl)cc54)CC[C@@H]32)C1.Clc1ccc2cn[nH]c2c1. The van der Waals surface area contributed by atoms with Gasteiger partial charge in [-0.15, -0.1) is 5.10 Å². The van der Waals surface area contributed by atoms with Crippen molar-refractivity contribution in [3.05, 3.63) is 82.1 Å². The number of aromatic amines is 1. The Kier molecular flexibility index (Phi) is 21.1. The van der Waals surface area contributed by atoms with Gasteiger partial charge in [-0.1, -0.05) is 105 Å². The first-order chi connectivity index (χ1) is 48.8. The molecule has 6 aromatic rings. The predicted molar refractivity (Wildman–Crippen MR) is 421 cm³/mol. The Morgan fingerprint density at radius 1 is 0.471 bits per heavy atom. The fraction of sp³-hybridized carbons (Fsp3) is 0.736. The molecular formula is C87H121BrCl3N7O6. The maximum atomic E-state index is 13.7. The lowest BCUT2D eigenvalue weighted by atomic mass is 9.44. The Balaban J connectivity index is 0.000000124. The highest BCUT2D eigenvalue weighted by molar-refractivity contribution is 9.09. The largest absolute Gasteiger partial charge is 0.390 e. The van der Waals surface area contributed by atoms with Crippen molar-refractivity contribution in [2.24, 2.45) is 121 Å². The summed E-state index contributed by atoms with van der Waals surface area (Å²) in [6.45, 7) is 21.7. The number of carbonyl (C=O) groups is 3. The Hall–Kier alpha value is -3.76. The molecule has 12 fully saturated rings. The normalized spacial score (nSPS) is 42.9. The second kappa shape index (κ2) is 28.5. The summed E-state index contributed by atoms with van der Waals surface area (Å²) in [6, 6.07) is 16.9. The fourth-order valence-corrected chi connectivity index (χ4v) is 28.5. The average Bonchev–Trinajstić information content (AvgIpc) is 1.36. The molecule has 0 amide bonds. The minimum Gasteiger partial charge on any atom is -0.390 e. The van der Waals surface area contributed by atoms with Crippen LogP contribution >= 0.6 is 50.7 Å². The molecule has 13 nitrogen and oxygen atoms in total. The van der Waals surface area contributed by atoms with Gasteiger partial charge < -0.3 is 15.3 Å². The van der Waals surface area contributed by atoms with Crippen molar-refractivity contribution in [2.75, 3.05) is 5.33 Å². The van der Waals surface area contributed by atoms with E-state index < -0.39 is 16.8 Å². The van der Waals surface area contributed by atoms with Crippen LogP contribution in [0.15, 0.2) is 67.0 Å². The molecule has 0 saturated heterocycles. The number of halogens is 4. The van der Waals surface area contributed by atoms with Gasteiger partial charge in [0.05, 0.1) is 51.4 Å². The molecule has 0 aliphatic heterocycles. The molecule has 0 bridgehead atoms. The molecule has 12 aliphatic rings. The number of benzene rings is 3. The monoisotopic (exact) mass is 1540 g/mol. The van der Waals surface area contributed by atoms with E-state index in [-0.39, 0.29) is 48.0 Å². The molecule has 12 aliphatic carbocycles. The summed E-state index contributed by atoms with van der Waals surface area (Å²) >= 11 is 21.5. The van der Waals surface area contributed by atoms with Gasteiger partial charge >= 0.3 is 0 Å². The Bertz CT molecular complexity index is 4160. The molecule has 17 heteroatoms. The highest BCUT2D eigenvalue weighted by Gasteiger charge is 2.65. The van der Waals surface area contributed by atoms with Crippen molar-refractivity contribution in [1.29, 1.82) is 0 Å². The number of fused-ring (bicyclic) bond motifs is 18. The van der Waals surface area contributed by atoms with Gasteiger partial charge in [0, 0.05) is 49.8 Å². The maximum absolute atomic E-state index is 13.7. The molecule has 568 valence electrons. The first kappa shape index (κ1) is 77.0. The van der Waals surface area contributed by atoms with Crippen molar-refractivity contribution in [3.63, 3.8) is 0 Å². The number of ketones is 3. The molecule has 104 heavy (non-hydrogen) atoms. The third-order valence-corrected chi connectivity index (χ3v) is 34.4. The van der Waals surface area contributed by atoms with E-state index in [0.29, 0.717) is 85.1 Å². The smallest absolute Gasteiger partial charge is 0.157 e. The standard InChI is InChI=1S/C29H39ClN2O2.C28H38ClN3O2.C22H35BrO2.C7H5ClN2.CH4/c1-27(34)12-13-28(2)19(15-27)5-7-21-22-8-9-24(29(22,3)11-10-23(21)28)26(33)17-32-16-18-4-6-20(30)14-25(18)31-32;1-26(34)12-13-27(2)17(15-26)4-6-19-20-7-8-22(28(20,3)11-10-21(19)27)25(33)16-32-24-14-18(29)5-9-23(24)30-31-32;1-20(25)10-11-21(2)14(12-20)4-5-15-16-6-7-18(19(24)13-23)22(16,3)9-8-17(15)21;8-6-2-1-5-4-9-10-7(5)3-6;/h4,6,14,16,19,21-24,34H,5,7-13,15,17H2,1-3H3;5,9,14,17,19-22,34H,4,6-8,10-13,15-16H2,1-3H3;14-18,25H,4-13H2,1-3H3;1-4H,(H,9,10);1H4/t19-,21-,22-,23-,24+,27+,28-,29-;17-,19-,20-,21-,22+,26+,27-,28-;14-,15-,16-,17-,18+,20+,21-,22-;;/m000../s1. The minimum atomic E-state index is -0.485. The lowest BCUT2D eigenvalue weighted by Crippen LogP contribution is -2.55. The fourth-order valence-electron chi connectivity index (χ4n) is 27.6. The summed E-state index contributed by atoms with van der Waals surface area (Å²) in [6.07, 6.45) is 34.8. The summed E-state index contributed by atoms with van der Waals surface area (Å²) in [5.74, 6) is 10.3. The van der Waals surface area contributed by atoms with Gasteiger partial charge in [0.1, 0.15) is 17.8 Å². The summed E-state index contributed by atoms with van der Waals surface area (Å²) in [5, 5.41) is 56.6. The number of carbonyl (C=O) groups excluding carboxylic acids is 3. The van der Waals surface area contributed by atoms with E-state index in [2.05, 4.69) is 83.1 Å². The quantitative estimate of drug-likeness (QED) is 0.107. The molecule has 0 radical (unpaired) electrons. The predicted octanol–water partition coefficient (Wildman–Crippen LogP) is 20.9. The number of nitrogens with one attached hydrogen (secondary N) is 1. The molecule has 18 rings (SSSR count). The van der Waals surface area contributed by atoms with Crippen molar-refractivity contribution in [1.82, 2.24) is 35.0 Å². The van der Waals surface area contributed by atoms with Crippen LogP contribution in [0.25, 0.3) is 32.8 Å². The number of aromatic nitrogens is 7. The summed E-state index contributed by atoms with van der Waals surface area (Å²) in [7, 11) is 0. The number of rotatable bonds is 8. The molecule has 4 N–H and O–H groups in total. The zero-order chi connectivity index (χ0) is 72.8. The zero-order valence-electron chi connectivity index (χ0n) is 63.0. The number of nitrogens with zero attached hydrogens (tertiary/aromatic N) is 6. The molecule has 24 atom stereocenters. The van der Waals surface area contributed by atoms with E-state index in [1.54, 1.807) is 10.9 Å². The van der Waals surface area contributed by atoms with Crippen molar-refractivity contribution >= 4 is 101 Å². The van der Waals surface area contributed by atoms with Crippen LogP contribution in [-0.2, 0) is 27.5 Å². The Morgan fingerprint density at radius 3 is 1.36 bits per heavy atom. The van der Waals surface area contributed by atoms with E-state index in [1.807, 2.05) is 86.2 Å². The van der Waals surface area contributed by atoms with Crippen LogP contribution in [0.3, 0.4) is 0 Å². The topological polar surface area (TPSA) is 189 Å². The number of alkyl halides is 1. The Labute approximate surface area is 642 Å². The van der Waals surface area contributed by atoms with Gasteiger partial charge in [0.2, 0.25) is 0 Å². The summed E-state index contributed by atoms with van der Waals surface area (Å²) in [5.41, 5.74) is 3.65. The molecule has 3 heterocycles. The van der Waals surface area contributed by atoms with Gasteiger partial charge in [-0.3, -0.25) is 24.2 Å². The zero-order valence-corrected chi connectivity index (χ0v) is 66.8. The van der Waals surface area contributed by atoms with Gasteiger partial charge in [-0.25, -0.2) is 4.68 Å². The number of hydrogen-bond acceptors (Lipinski definition) is 10. The van der Waals surface area contributed by atoms with E-state index in [0.717, 1.165) is 156 Å². The van der Waals surface area contributed by atoms with Crippen LogP contribution in [0.1, 0.15) is 243 Å². The second-order valence-electron chi connectivity index (χ2n) is 38.6. The van der Waals surface area contributed by atoms with Crippen LogP contribution < -0.4 is 0 Å². The van der Waals surface area contributed by atoms with Crippen molar-refractivity contribution in [2.45, 2.75) is 273 Å².